The summed E-state index contributed by atoms with van der Waals surface area (Å²) in [4.78, 5) is 11.4. The number of carbonyl (C=O) groups excluding carboxylic acids is 1. The summed E-state index contributed by atoms with van der Waals surface area (Å²) in [5, 5.41) is 0. The first kappa shape index (κ1) is 16.9. The Hall–Kier alpha value is -1.50. The summed E-state index contributed by atoms with van der Waals surface area (Å²) in [7, 11) is -3.65. The molecule has 116 valence electrons. The van der Waals surface area contributed by atoms with E-state index in [-0.39, 0.29) is 16.7 Å². The second-order valence-corrected chi connectivity index (χ2v) is 7.51. The van der Waals surface area contributed by atoms with E-state index in [9.17, 15) is 13.2 Å². The second-order valence-electron chi connectivity index (χ2n) is 4.95. The van der Waals surface area contributed by atoms with Crippen molar-refractivity contribution in [2.45, 2.75) is 24.8 Å². The van der Waals surface area contributed by atoms with Gasteiger partial charge in [-0.1, -0.05) is 46.3 Å². The Morgan fingerprint density at radius 2 is 1.68 bits per heavy atom. The van der Waals surface area contributed by atoms with Crippen molar-refractivity contribution in [3.05, 3.63) is 64.1 Å². The number of hydrogen-bond donors (Lipinski definition) is 1. The first-order valence-corrected chi connectivity index (χ1v) is 8.96. The third kappa shape index (κ3) is 3.82. The Bertz CT molecular complexity index is 785. The largest absolute Gasteiger partial charge is 0.295 e. The zero-order chi connectivity index (χ0) is 16.3. The highest BCUT2D eigenvalue weighted by Gasteiger charge is 2.19. The van der Waals surface area contributed by atoms with Crippen LogP contribution in [0.25, 0.3) is 0 Å². The normalized spacial score (nSPS) is 12.9. The molecule has 1 N–H and O–H groups in total. The quantitative estimate of drug-likeness (QED) is 0.803. The highest BCUT2D eigenvalue weighted by Crippen LogP contribution is 2.24. The number of halogens is 1. The van der Waals surface area contributed by atoms with Gasteiger partial charge in [0, 0.05) is 16.1 Å². The van der Waals surface area contributed by atoms with Gasteiger partial charge in [-0.25, -0.2) is 13.1 Å². The van der Waals surface area contributed by atoms with E-state index in [1.165, 1.54) is 31.2 Å². The first-order valence-electron chi connectivity index (χ1n) is 6.69. The van der Waals surface area contributed by atoms with Gasteiger partial charge in [-0.2, -0.15) is 0 Å². The van der Waals surface area contributed by atoms with Crippen LogP contribution in [0.1, 0.15) is 35.8 Å². The lowest BCUT2D eigenvalue weighted by Crippen LogP contribution is -2.27. The third-order valence-electron chi connectivity index (χ3n) is 3.27. The van der Waals surface area contributed by atoms with Crippen molar-refractivity contribution in [3.8, 4) is 0 Å². The lowest BCUT2D eigenvalue weighted by molar-refractivity contribution is 0.101. The van der Waals surface area contributed by atoms with Gasteiger partial charge in [0.05, 0.1) is 4.90 Å². The minimum absolute atomic E-state index is 0.0986. The Morgan fingerprint density at radius 3 is 2.23 bits per heavy atom. The maximum absolute atomic E-state index is 12.4. The summed E-state index contributed by atoms with van der Waals surface area (Å²) < 4.78 is 28.3. The van der Waals surface area contributed by atoms with E-state index >= 15 is 0 Å². The molecule has 0 spiro atoms. The molecule has 0 amide bonds. The molecule has 22 heavy (non-hydrogen) atoms. The summed E-state index contributed by atoms with van der Waals surface area (Å²) in [6, 6.07) is 13.0. The van der Waals surface area contributed by atoms with Crippen molar-refractivity contribution < 1.29 is 13.2 Å². The molecular formula is C16H16BrNO3S. The van der Waals surface area contributed by atoms with Crippen LogP contribution < -0.4 is 4.72 Å². The lowest BCUT2D eigenvalue weighted by Gasteiger charge is -2.16. The number of hydrogen-bond acceptors (Lipinski definition) is 3. The minimum Gasteiger partial charge on any atom is -0.295 e. The van der Waals surface area contributed by atoms with E-state index in [2.05, 4.69) is 20.7 Å². The van der Waals surface area contributed by atoms with Gasteiger partial charge >= 0.3 is 0 Å². The molecule has 0 aromatic heterocycles. The highest BCUT2D eigenvalue weighted by atomic mass is 79.9. The third-order valence-corrected chi connectivity index (χ3v) is 5.55. The van der Waals surface area contributed by atoms with Gasteiger partial charge in [0.15, 0.2) is 5.78 Å². The molecule has 0 aliphatic rings. The average Bonchev–Trinajstić information content (AvgIpc) is 2.47. The number of sulfonamides is 1. The molecule has 2 aromatic rings. The molecule has 0 aliphatic heterocycles. The fourth-order valence-corrected chi connectivity index (χ4v) is 3.91. The number of rotatable bonds is 5. The molecule has 0 aliphatic carbocycles. The van der Waals surface area contributed by atoms with Gasteiger partial charge in [-0.15, -0.1) is 0 Å². The molecule has 0 fully saturated rings. The van der Waals surface area contributed by atoms with Crippen LogP contribution in [0.2, 0.25) is 0 Å². The van der Waals surface area contributed by atoms with Gasteiger partial charge in [0.2, 0.25) is 10.0 Å². The fraction of sp³-hybridized carbons (Fsp3) is 0.188. The Morgan fingerprint density at radius 1 is 1.09 bits per heavy atom. The van der Waals surface area contributed by atoms with Crippen LogP contribution in [-0.2, 0) is 10.0 Å². The van der Waals surface area contributed by atoms with Crippen LogP contribution in [0.5, 0.6) is 0 Å². The first-order chi connectivity index (χ1) is 10.3. The van der Waals surface area contributed by atoms with Crippen molar-refractivity contribution >= 4 is 31.7 Å². The molecule has 0 radical (unpaired) electrons. The average molecular weight is 382 g/mol. The van der Waals surface area contributed by atoms with Crippen LogP contribution in [0.15, 0.2) is 57.9 Å². The zero-order valence-electron chi connectivity index (χ0n) is 12.2. The summed E-state index contributed by atoms with van der Waals surface area (Å²) in [6.45, 7) is 3.22. The number of carbonyl (C=O) groups is 1. The molecule has 0 unspecified atom stereocenters. The van der Waals surface area contributed by atoms with Crippen molar-refractivity contribution in [2.75, 3.05) is 0 Å². The SMILES string of the molecule is CC(=O)c1ccc(S(=O)(=O)N[C@H](C)c2ccccc2Br)cc1. The molecule has 0 saturated carbocycles. The van der Waals surface area contributed by atoms with E-state index in [4.69, 9.17) is 0 Å². The van der Waals surface area contributed by atoms with Crippen LogP contribution in [0.4, 0.5) is 0 Å². The predicted molar refractivity (Wildman–Crippen MR) is 89.3 cm³/mol. The lowest BCUT2D eigenvalue weighted by atomic mass is 10.1. The molecule has 0 bridgehead atoms. The summed E-state index contributed by atoms with van der Waals surface area (Å²) in [6.07, 6.45) is 0. The van der Waals surface area contributed by atoms with E-state index < -0.39 is 10.0 Å². The fourth-order valence-electron chi connectivity index (χ4n) is 2.06. The number of benzene rings is 2. The highest BCUT2D eigenvalue weighted by molar-refractivity contribution is 9.10. The monoisotopic (exact) mass is 381 g/mol. The zero-order valence-corrected chi connectivity index (χ0v) is 14.6. The number of ketones is 1. The molecule has 2 aromatic carbocycles. The molecule has 2 rings (SSSR count). The van der Waals surface area contributed by atoms with Crippen molar-refractivity contribution in [2.24, 2.45) is 0 Å². The maximum Gasteiger partial charge on any atom is 0.241 e. The summed E-state index contributed by atoms with van der Waals surface area (Å²) in [5.41, 5.74) is 1.34. The molecule has 4 nitrogen and oxygen atoms in total. The van der Waals surface area contributed by atoms with Crippen LogP contribution in [0.3, 0.4) is 0 Å². The Kier molecular flexibility index (Phi) is 5.16. The number of Topliss-reactive ketones (excluding diaryl/α,β-unsaturated/α-hetero) is 1. The summed E-state index contributed by atoms with van der Waals surface area (Å²) in [5.74, 6) is -0.0986. The van der Waals surface area contributed by atoms with E-state index in [0.717, 1.165) is 10.0 Å². The topological polar surface area (TPSA) is 63.2 Å². The van der Waals surface area contributed by atoms with Crippen molar-refractivity contribution in [3.63, 3.8) is 0 Å². The van der Waals surface area contributed by atoms with Gasteiger partial charge < -0.3 is 0 Å². The van der Waals surface area contributed by atoms with Gasteiger partial charge in [-0.05, 0) is 37.6 Å². The Balaban J connectivity index is 2.24. The maximum atomic E-state index is 12.4. The molecule has 6 heteroatoms. The number of nitrogens with one attached hydrogen (secondary N) is 1. The van der Waals surface area contributed by atoms with Gasteiger partial charge in [0.1, 0.15) is 0 Å². The standard InChI is InChI=1S/C16H16BrNO3S/c1-11(15-5-3-4-6-16(15)17)18-22(20,21)14-9-7-13(8-10-14)12(2)19/h3-11,18H,1-2H3/t11-/m1/s1. The van der Waals surface area contributed by atoms with Gasteiger partial charge in [0.25, 0.3) is 0 Å². The van der Waals surface area contributed by atoms with Crippen LogP contribution in [0, 0.1) is 0 Å². The molecule has 0 saturated heterocycles. The minimum atomic E-state index is -3.65. The van der Waals surface area contributed by atoms with E-state index in [0.29, 0.717) is 5.56 Å². The van der Waals surface area contributed by atoms with E-state index in [1.54, 1.807) is 6.92 Å². The van der Waals surface area contributed by atoms with Crippen molar-refractivity contribution in [1.29, 1.82) is 0 Å². The smallest absolute Gasteiger partial charge is 0.241 e. The van der Waals surface area contributed by atoms with Crippen LogP contribution >= 0.6 is 15.9 Å². The molecule has 0 heterocycles. The Labute approximate surface area is 138 Å². The van der Waals surface area contributed by atoms with Gasteiger partial charge in [-0.3, -0.25) is 4.79 Å². The van der Waals surface area contributed by atoms with Crippen molar-refractivity contribution in [1.82, 2.24) is 4.72 Å². The molecule has 1 atom stereocenters. The summed E-state index contributed by atoms with van der Waals surface area (Å²) >= 11 is 3.41. The molecular weight excluding hydrogens is 366 g/mol. The van der Waals surface area contributed by atoms with E-state index in [1.807, 2.05) is 24.3 Å². The van der Waals surface area contributed by atoms with Crippen LogP contribution in [-0.4, -0.2) is 14.2 Å². The predicted octanol–water partition coefficient (Wildman–Crippen LogP) is 3.69. The second kappa shape index (κ2) is 6.73.